The molecule has 1 amide bonds. The number of ketones is 1. The van der Waals surface area contributed by atoms with Crippen LogP contribution in [0.4, 0.5) is 0 Å². The number of hydrogen-bond donors (Lipinski definition) is 0. The summed E-state index contributed by atoms with van der Waals surface area (Å²) in [5.74, 6) is -0.285. The van der Waals surface area contributed by atoms with Gasteiger partial charge < -0.3 is 9.64 Å². The van der Waals surface area contributed by atoms with E-state index >= 15 is 0 Å². The lowest BCUT2D eigenvalue weighted by atomic mass is 9.94. The quantitative estimate of drug-likeness (QED) is 0.575. The van der Waals surface area contributed by atoms with Gasteiger partial charge in [-0.2, -0.15) is 5.10 Å². The number of aromatic nitrogens is 2. The number of aryl methyl sites for hydroxylation is 3. The molecule has 0 N–H and O–H groups in total. The van der Waals surface area contributed by atoms with Crippen molar-refractivity contribution in [2.45, 2.75) is 46.4 Å². The van der Waals surface area contributed by atoms with Gasteiger partial charge in [0, 0.05) is 32.0 Å². The molecule has 0 fully saturated rings. The molecule has 0 saturated heterocycles. The third kappa shape index (κ3) is 4.81. The van der Waals surface area contributed by atoms with E-state index in [1.165, 1.54) is 4.68 Å². The molecule has 1 aromatic heterocycles. The molecule has 8 nitrogen and oxygen atoms in total. The number of rotatable bonds is 8. The monoisotopic (exact) mass is 449 g/mol. The van der Waals surface area contributed by atoms with Crippen molar-refractivity contribution in [3.63, 3.8) is 0 Å². The number of amides is 1. The molecule has 2 aromatic rings. The number of sulfone groups is 1. The first-order chi connectivity index (χ1) is 14.3. The lowest BCUT2D eigenvalue weighted by molar-refractivity contribution is -0.133. The minimum atomic E-state index is -3.43. The molecule has 0 radical (unpaired) electrons. The molecule has 0 spiro atoms. The Kier molecular flexibility index (Phi) is 7.31. The summed E-state index contributed by atoms with van der Waals surface area (Å²) in [5.41, 5.74) is 2.77. The van der Waals surface area contributed by atoms with Crippen LogP contribution in [-0.4, -0.2) is 60.7 Å². The average molecular weight is 450 g/mol. The van der Waals surface area contributed by atoms with Gasteiger partial charge in [0.05, 0.1) is 10.6 Å². The Morgan fingerprint density at radius 1 is 1.10 bits per heavy atom. The Bertz CT molecular complexity index is 1130. The number of nitrogens with zero attached hydrogens (tertiary/aromatic N) is 3. The number of ether oxygens (including phenoxy) is 1. The normalized spacial score (nSPS) is 11.5. The molecule has 1 aromatic carbocycles. The molecular formula is C22H31N3O5S. The molecule has 2 rings (SSSR count). The lowest BCUT2D eigenvalue weighted by Gasteiger charge is -2.19. The van der Waals surface area contributed by atoms with Gasteiger partial charge in [-0.1, -0.05) is 0 Å². The van der Waals surface area contributed by atoms with Crippen LogP contribution in [0.15, 0.2) is 11.0 Å². The zero-order valence-electron chi connectivity index (χ0n) is 19.5. The highest BCUT2D eigenvalue weighted by Gasteiger charge is 2.28. The second-order valence-corrected chi connectivity index (χ2v) is 9.62. The van der Waals surface area contributed by atoms with E-state index in [0.29, 0.717) is 41.0 Å². The smallest absolute Gasteiger partial charge is 0.260 e. The van der Waals surface area contributed by atoms with Gasteiger partial charge in [0.2, 0.25) is 11.7 Å². The molecule has 0 saturated carbocycles. The second kappa shape index (κ2) is 9.21. The van der Waals surface area contributed by atoms with Crippen LogP contribution >= 0.6 is 0 Å². The molecule has 0 aliphatic carbocycles. The fourth-order valence-electron chi connectivity index (χ4n) is 3.86. The van der Waals surface area contributed by atoms with Gasteiger partial charge >= 0.3 is 0 Å². The van der Waals surface area contributed by atoms with Gasteiger partial charge in [-0.15, -0.1) is 0 Å². The van der Waals surface area contributed by atoms with E-state index in [1.54, 1.807) is 45.7 Å². The van der Waals surface area contributed by atoms with Gasteiger partial charge in [0.25, 0.3) is 5.91 Å². The first kappa shape index (κ1) is 24.6. The van der Waals surface area contributed by atoms with Gasteiger partial charge in [-0.05, 0) is 64.3 Å². The van der Waals surface area contributed by atoms with Crippen LogP contribution in [-0.2, 0) is 21.7 Å². The number of likely N-dealkylation sites (N-methyl/N-ethyl adjacent to an activating group) is 1. The zero-order chi connectivity index (χ0) is 23.7. The fraction of sp³-hybridized carbons (Fsp3) is 0.500. The van der Waals surface area contributed by atoms with Crippen molar-refractivity contribution >= 4 is 21.5 Å². The maximum Gasteiger partial charge on any atom is 0.260 e. The summed E-state index contributed by atoms with van der Waals surface area (Å²) in [4.78, 5) is 27.7. The van der Waals surface area contributed by atoms with Crippen LogP contribution in [0.5, 0.6) is 5.88 Å². The summed E-state index contributed by atoms with van der Waals surface area (Å²) in [6.07, 6.45) is 1.16. The van der Waals surface area contributed by atoms with Crippen LogP contribution in [0.25, 0.3) is 0 Å². The van der Waals surface area contributed by atoms with E-state index in [0.717, 1.165) is 6.26 Å². The Hall–Kier alpha value is -2.68. The Labute approximate surface area is 184 Å². The molecular weight excluding hydrogens is 418 g/mol. The van der Waals surface area contributed by atoms with Crippen LogP contribution in [0.1, 0.15) is 52.2 Å². The van der Waals surface area contributed by atoms with E-state index < -0.39 is 9.84 Å². The molecule has 0 aliphatic heterocycles. The van der Waals surface area contributed by atoms with Crippen molar-refractivity contribution in [2.75, 3.05) is 26.0 Å². The number of hydrogen-bond acceptors (Lipinski definition) is 6. The minimum absolute atomic E-state index is 0.178. The predicted molar refractivity (Wildman–Crippen MR) is 119 cm³/mol. The third-order valence-corrected chi connectivity index (χ3v) is 6.86. The summed E-state index contributed by atoms with van der Waals surface area (Å²) in [5, 5.41) is 4.30. The maximum atomic E-state index is 13.5. The Balaban J connectivity index is 2.51. The van der Waals surface area contributed by atoms with Gasteiger partial charge in [0.15, 0.2) is 16.4 Å². The highest BCUT2D eigenvalue weighted by atomic mass is 32.2. The van der Waals surface area contributed by atoms with Crippen molar-refractivity contribution in [3.8, 4) is 5.88 Å². The molecule has 0 atom stereocenters. The maximum absolute atomic E-state index is 13.5. The third-order valence-electron chi connectivity index (χ3n) is 5.49. The van der Waals surface area contributed by atoms with Crippen LogP contribution in [0.2, 0.25) is 0 Å². The van der Waals surface area contributed by atoms with Gasteiger partial charge in [0.1, 0.15) is 5.56 Å². The second-order valence-electron chi connectivity index (χ2n) is 7.67. The van der Waals surface area contributed by atoms with E-state index in [9.17, 15) is 18.0 Å². The molecule has 0 bridgehead atoms. The average Bonchev–Trinajstić information content (AvgIpc) is 2.95. The fourth-order valence-corrected chi connectivity index (χ4v) is 5.21. The number of carbonyl (C=O) groups excluding carboxylic acids is 2. The lowest BCUT2D eigenvalue weighted by Crippen LogP contribution is -2.34. The molecule has 0 aliphatic rings. The van der Waals surface area contributed by atoms with Crippen LogP contribution < -0.4 is 4.74 Å². The predicted octanol–water partition coefficient (Wildman–Crippen LogP) is 2.54. The zero-order valence-corrected chi connectivity index (χ0v) is 20.3. The van der Waals surface area contributed by atoms with E-state index in [2.05, 4.69) is 5.10 Å². The summed E-state index contributed by atoms with van der Waals surface area (Å²) in [7, 11) is -1.78. The summed E-state index contributed by atoms with van der Waals surface area (Å²) < 4.78 is 31.6. The largest absolute Gasteiger partial charge is 0.467 e. The molecule has 31 heavy (non-hydrogen) atoms. The minimum Gasteiger partial charge on any atom is -0.467 e. The highest BCUT2D eigenvalue weighted by molar-refractivity contribution is 7.90. The van der Waals surface area contributed by atoms with Crippen molar-refractivity contribution in [2.24, 2.45) is 7.05 Å². The van der Waals surface area contributed by atoms with E-state index in [1.807, 2.05) is 13.8 Å². The first-order valence-electron chi connectivity index (χ1n) is 10.1. The van der Waals surface area contributed by atoms with E-state index in [-0.39, 0.29) is 34.6 Å². The van der Waals surface area contributed by atoms with Crippen molar-refractivity contribution < 1.29 is 22.7 Å². The number of carbonyl (C=O) groups is 2. The topological polar surface area (TPSA) is 98.6 Å². The van der Waals surface area contributed by atoms with Gasteiger partial charge in [-0.25, -0.2) is 13.1 Å². The van der Waals surface area contributed by atoms with Crippen molar-refractivity contribution in [3.05, 3.63) is 39.6 Å². The highest BCUT2D eigenvalue weighted by Crippen LogP contribution is 2.31. The molecule has 1 heterocycles. The van der Waals surface area contributed by atoms with Crippen molar-refractivity contribution in [1.82, 2.24) is 14.7 Å². The van der Waals surface area contributed by atoms with Gasteiger partial charge in [-0.3, -0.25) is 9.59 Å². The van der Waals surface area contributed by atoms with Crippen molar-refractivity contribution in [1.29, 1.82) is 0 Å². The standard InChI is InChI=1S/C22H31N3O5S/c1-9-25(10-2)18(26)12-30-22-19(16(6)23-24(22)7)20(27)17-11-13(3)21(31(8,28)29)15(5)14(17)4/h11H,9-10,12H2,1-8H3. The summed E-state index contributed by atoms with van der Waals surface area (Å²) in [6, 6.07) is 1.60. The van der Waals surface area contributed by atoms with Crippen LogP contribution in [0.3, 0.4) is 0 Å². The van der Waals surface area contributed by atoms with Crippen LogP contribution in [0, 0.1) is 27.7 Å². The SMILES string of the molecule is CCN(CC)C(=O)COc1c(C(=O)c2cc(C)c(S(C)(=O)=O)c(C)c2C)c(C)nn1C. The van der Waals surface area contributed by atoms with E-state index in [4.69, 9.17) is 4.74 Å². The molecule has 9 heteroatoms. The Morgan fingerprint density at radius 2 is 1.68 bits per heavy atom. The summed E-state index contributed by atoms with van der Waals surface area (Å²) in [6.45, 7) is 11.5. The molecule has 0 unspecified atom stereocenters. The first-order valence-corrected chi connectivity index (χ1v) is 12.0. The Morgan fingerprint density at radius 3 is 2.19 bits per heavy atom. The summed E-state index contributed by atoms with van der Waals surface area (Å²) >= 11 is 0. The molecule has 170 valence electrons. The number of benzene rings is 1.